The van der Waals surface area contributed by atoms with Gasteiger partial charge in [-0.25, -0.2) is 4.68 Å². The van der Waals surface area contributed by atoms with Crippen molar-refractivity contribution in [2.75, 3.05) is 0 Å². The number of rotatable bonds is 2. The molecule has 0 fully saturated rings. The van der Waals surface area contributed by atoms with Crippen LogP contribution in [0.3, 0.4) is 0 Å². The number of halogens is 3. The Balaban J connectivity index is 2.37. The molecule has 18 heavy (non-hydrogen) atoms. The molecule has 0 bridgehead atoms. The number of nitrogens with two attached hydrogens (primary N) is 1. The summed E-state index contributed by atoms with van der Waals surface area (Å²) in [4.78, 5) is 0. The maximum Gasteiger partial charge on any atom is 0.416 e. The Bertz CT molecular complexity index is 541. The highest BCUT2D eigenvalue weighted by atomic mass is 19.4. The minimum atomic E-state index is -4.32. The van der Waals surface area contributed by atoms with Gasteiger partial charge in [-0.05, 0) is 37.3 Å². The van der Waals surface area contributed by atoms with Crippen LogP contribution < -0.4 is 5.73 Å². The number of nitrogens with zero attached hydrogens (tertiary/aromatic N) is 2. The summed E-state index contributed by atoms with van der Waals surface area (Å²) in [6.07, 6.45) is -4.32. The zero-order chi connectivity index (χ0) is 13.3. The molecule has 0 amide bonds. The van der Waals surface area contributed by atoms with E-state index in [9.17, 15) is 13.2 Å². The van der Waals surface area contributed by atoms with E-state index in [1.807, 2.05) is 6.92 Å². The van der Waals surface area contributed by atoms with Crippen molar-refractivity contribution in [3.63, 3.8) is 0 Å². The lowest BCUT2D eigenvalue weighted by atomic mass is 10.2. The first-order chi connectivity index (χ1) is 8.41. The standard InChI is InChI=1S/C12H12F3N3/c1-8-6-10(7-16)17-18(8)11-4-2-9(3-5-11)12(13,14)15/h2-6H,7,16H2,1H3. The van der Waals surface area contributed by atoms with Crippen molar-refractivity contribution in [2.24, 2.45) is 5.73 Å². The zero-order valence-corrected chi connectivity index (χ0v) is 9.70. The van der Waals surface area contributed by atoms with Crippen LogP contribution in [0, 0.1) is 6.92 Å². The van der Waals surface area contributed by atoms with Gasteiger partial charge >= 0.3 is 6.18 Å². The number of alkyl halides is 3. The predicted octanol–water partition coefficient (Wildman–Crippen LogP) is 2.66. The molecule has 0 radical (unpaired) electrons. The van der Waals surface area contributed by atoms with E-state index in [1.54, 1.807) is 10.7 Å². The molecule has 0 aliphatic heterocycles. The van der Waals surface area contributed by atoms with Crippen LogP contribution in [0.15, 0.2) is 30.3 Å². The molecule has 96 valence electrons. The van der Waals surface area contributed by atoms with Crippen molar-refractivity contribution in [2.45, 2.75) is 19.6 Å². The second-order valence-electron chi connectivity index (χ2n) is 3.94. The molecule has 1 heterocycles. The molecule has 3 nitrogen and oxygen atoms in total. The van der Waals surface area contributed by atoms with Gasteiger partial charge in [-0.2, -0.15) is 18.3 Å². The van der Waals surface area contributed by atoms with E-state index < -0.39 is 11.7 Å². The van der Waals surface area contributed by atoms with Crippen LogP contribution in [0.4, 0.5) is 13.2 Å². The first-order valence-corrected chi connectivity index (χ1v) is 5.35. The van der Waals surface area contributed by atoms with Crippen molar-refractivity contribution in [1.29, 1.82) is 0 Å². The SMILES string of the molecule is Cc1cc(CN)nn1-c1ccc(C(F)(F)F)cc1. The van der Waals surface area contributed by atoms with Gasteiger partial charge in [-0.15, -0.1) is 0 Å². The van der Waals surface area contributed by atoms with Gasteiger partial charge in [0.25, 0.3) is 0 Å². The van der Waals surface area contributed by atoms with Gasteiger partial charge in [-0.1, -0.05) is 0 Å². The van der Waals surface area contributed by atoms with E-state index in [0.29, 0.717) is 17.9 Å². The minimum Gasteiger partial charge on any atom is -0.325 e. The van der Waals surface area contributed by atoms with E-state index in [0.717, 1.165) is 17.8 Å². The number of hydrogen-bond donors (Lipinski definition) is 1. The second-order valence-corrected chi connectivity index (χ2v) is 3.94. The van der Waals surface area contributed by atoms with Crippen molar-refractivity contribution in [3.8, 4) is 5.69 Å². The number of aryl methyl sites for hydroxylation is 1. The summed E-state index contributed by atoms with van der Waals surface area (Å²) in [7, 11) is 0. The molecule has 1 aromatic heterocycles. The third-order valence-electron chi connectivity index (χ3n) is 2.59. The van der Waals surface area contributed by atoms with Gasteiger partial charge in [0.2, 0.25) is 0 Å². The van der Waals surface area contributed by atoms with Gasteiger partial charge in [0.15, 0.2) is 0 Å². The first-order valence-electron chi connectivity index (χ1n) is 5.35. The summed E-state index contributed by atoms with van der Waals surface area (Å²) in [5.74, 6) is 0. The predicted molar refractivity (Wildman–Crippen MR) is 61.2 cm³/mol. The Kier molecular flexibility index (Phi) is 3.13. The summed E-state index contributed by atoms with van der Waals surface area (Å²) in [5.41, 5.74) is 6.91. The second kappa shape index (κ2) is 4.45. The number of aromatic nitrogens is 2. The zero-order valence-electron chi connectivity index (χ0n) is 9.70. The van der Waals surface area contributed by atoms with Crippen molar-refractivity contribution >= 4 is 0 Å². The summed E-state index contributed by atoms with van der Waals surface area (Å²) < 4.78 is 38.8. The first kappa shape index (κ1) is 12.6. The van der Waals surface area contributed by atoms with Crippen molar-refractivity contribution in [3.05, 3.63) is 47.3 Å². The topological polar surface area (TPSA) is 43.8 Å². The van der Waals surface area contributed by atoms with Crippen LogP contribution in [0.5, 0.6) is 0 Å². The van der Waals surface area contributed by atoms with Crippen molar-refractivity contribution in [1.82, 2.24) is 9.78 Å². The number of benzene rings is 1. The Morgan fingerprint density at radius 2 is 1.83 bits per heavy atom. The van der Waals surface area contributed by atoms with E-state index in [4.69, 9.17) is 5.73 Å². The van der Waals surface area contributed by atoms with Crippen LogP contribution in [-0.4, -0.2) is 9.78 Å². The third-order valence-corrected chi connectivity index (χ3v) is 2.59. The quantitative estimate of drug-likeness (QED) is 0.896. The van der Waals surface area contributed by atoms with Gasteiger partial charge in [0, 0.05) is 12.2 Å². The smallest absolute Gasteiger partial charge is 0.325 e. The molecule has 0 aliphatic rings. The van der Waals surface area contributed by atoms with Gasteiger partial charge < -0.3 is 5.73 Å². The largest absolute Gasteiger partial charge is 0.416 e. The van der Waals surface area contributed by atoms with E-state index in [2.05, 4.69) is 5.10 Å². The normalized spacial score (nSPS) is 11.8. The van der Waals surface area contributed by atoms with Crippen LogP contribution in [0.2, 0.25) is 0 Å². The molecular formula is C12H12F3N3. The van der Waals surface area contributed by atoms with E-state index in [1.165, 1.54) is 12.1 Å². The maximum absolute atomic E-state index is 12.4. The molecular weight excluding hydrogens is 243 g/mol. The highest BCUT2D eigenvalue weighted by Crippen LogP contribution is 2.29. The fourth-order valence-corrected chi connectivity index (χ4v) is 1.69. The summed E-state index contributed by atoms with van der Waals surface area (Å²) in [5, 5.41) is 4.20. The van der Waals surface area contributed by atoms with Crippen LogP contribution in [-0.2, 0) is 12.7 Å². The highest BCUT2D eigenvalue weighted by Gasteiger charge is 2.30. The fourth-order valence-electron chi connectivity index (χ4n) is 1.69. The highest BCUT2D eigenvalue weighted by molar-refractivity contribution is 5.36. The Morgan fingerprint density at radius 3 is 2.28 bits per heavy atom. The molecule has 1 aromatic carbocycles. The van der Waals surface area contributed by atoms with Crippen molar-refractivity contribution < 1.29 is 13.2 Å². The monoisotopic (exact) mass is 255 g/mol. The summed E-state index contributed by atoms with van der Waals surface area (Å²) in [6.45, 7) is 2.12. The average Bonchev–Trinajstić information content (AvgIpc) is 2.70. The lowest BCUT2D eigenvalue weighted by Gasteiger charge is -2.08. The Labute approximate surface area is 102 Å². The van der Waals surface area contributed by atoms with Crippen LogP contribution >= 0.6 is 0 Å². The van der Waals surface area contributed by atoms with E-state index in [-0.39, 0.29) is 0 Å². The molecule has 0 aliphatic carbocycles. The lowest BCUT2D eigenvalue weighted by molar-refractivity contribution is -0.137. The molecule has 0 spiro atoms. The molecule has 0 atom stereocenters. The van der Waals surface area contributed by atoms with Crippen LogP contribution in [0.25, 0.3) is 5.69 Å². The van der Waals surface area contributed by atoms with Crippen LogP contribution in [0.1, 0.15) is 17.0 Å². The number of hydrogen-bond acceptors (Lipinski definition) is 2. The molecule has 6 heteroatoms. The Hall–Kier alpha value is -1.82. The van der Waals surface area contributed by atoms with Gasteiger partial charge in [0.1, 0.15) is 0 Å². The minimum absolute atomic E-state index is 0.300. The third kappa shape index (κ3) is 2.38. The van der Waals surface area contributed by atoms with Gasteiger partial charge in [0.05, 0.1) is 16.9 Å². The molecule has 0 saturated heterocycles. The maximum atomic E-state index is 12.4. The Morgan fingerprint density at radius 1 is 1.22 bits per heavy atom. The molecule has 0 unspecified atom stereocenters. The van der Waals surface area contributed by atoms with Gasteiger partial charge in [-0.3, -0.25) is 0 Å². The summed E-state index contributed by atoms with van der Waals surface area (Å²) >= 11 is 0. The van der Waals surface area contributed by atoms with E-state index >= 15 is 0 Å². The fraction of sp³-hybridized carbons (Fsp3) is 0.250. The molecule has 0 saturated carbocycles. The lowest BCUT2D eigenvalue weighted by Crippen LogP contribution is -2.06. The molecule has 2 aromatic rings. The molecule has 2 rings (SSSR count). The molecule has 2 N–H and O–H groups in total. The summed E-state index contributed by atoms with van der Waals surface area (Å²) in [6, 6.07) is 6.67. The average molecular weight is 255 g/mol.